The lowest BCUT2D eigenvalue weighted by Gasteiger charge is -1.93. The second-order valence-corrected chi connectivity index (χ2v) is 3.12. The van der Waals surface area contributed by atoms with E-state index >= 15 is 0 Å². The Labute approximate surface area is 84.4 Å². The van der Waals surface area contributed by atoms with Crippen LogP contribution < -0.4 is 0 Å². The number of nitrogens with zero attached hydrogens (tertiary/aromatic N) is 3. The first kappa shape index (κ1) is 10.4. The van der Waals surface area contributed by atoms with E-state index in [2.05, 4.69) is 23.4 Å². The summed E-state index contributed by atoms with van der Waals surface area (Å²) in [4.78, 5) is 1.63. The summed E-state index contributed by atoms with van der Waals surface area (Å²) in [5.74, 6) is 0. The molecule has 0 aliphatic heterocycles. The molecule has 0 atom stereocenters. The number of allylic oxidation sites excluding steroid dienone is 4. The molecule has 0 radical (unpaired) electrons. The topological polar surface area (TPSA) is 30.7 Å². The molecule has 0 aromatic carbocycles. The highest BCUT2D eigenvalue weighted by atomic mass is 15.5. The molecule has 0 saturated carbocycles. The molecule has 0 aliphatic rings. The molecule has 3 heteroatoms. The Kier molecular flexibility index (Phi) is 3.40. The Hall–Kier alpha value is -1.64. The van der Waals surface area contributed by atoms with E-state index in [-0.39, 0.29) is 0 Å². The summed E-state index contributed by atoms with van der Waals surface area (Å²) in [5, 5.41) is 8.30. The van der Waals surface area contributed by atoms with Crippen molar-refractivity contribution < 1.29 is 0 Å². The lowest BCUT2D eigenvalue weighted by Crippen LogP contribution is -1.98. The SMILES string of the molecule is C=C(C)/C=C\C(=C)c1cnn(CC)n1. The van der Waals surface area contributed by atoms with Crippen LogP contribution >= 0.6 is 0 Å². The average Bonchev–Trinajstić information content (AvgIpc) is 2.62. The molecule has 0 N–H and O–H groups in total. The minimum absolute atomic E-state index is 0.775. The van der Waals surface area contributed by atoms with Crippen molar-refractivity contribution in [3.05, 3.63) is 42.8 Å². The zero-order chi connectivity index (χ0) is 10.6. The number of hydrogen-bond acceptors (Lipinski definition) is 2. The maximum absolute atomic E-state index is 4.23. The molecule has 3 nitrogen and oxygen atoms in total. The Morgan fingerprint density at radius 1 is 1.50 bits per heavy atom. The smallest absolute Gasteiger partial charge is 0.112 e. The Morgan fingerprint density at radius 3 is 2.71 bits per heavy atom. The van der Waals surface area contributed by atoms with Crippen molar-refractivity contribution in [2.75, 3.05) is 0 Å². The molecule has 1 aromatic rings. The third-order valence-corrected chi connectivity index (χ3v) is 1.72. The highest BCUT2D eigenvalue weighted by Gasteiger charge is 2.00. The van der Waals surface area contributed by atoms with Crippen LogP contribution in [0.2, 0.25) is 0 Å². The van der Waals surface area contributed by atoms with Gasteiger partial charge in [0.2, 0.25) is 0 Å². The van der Waals surface area contributed by atoms with Crippen molar-refractivity contribution in [3.63, 3.8) is 0 Å². The van der Waals surface area contributed by atoms with Crippen molar-refractivity contribution in [2.24, 2.45) is 0 Å². The van der Waals surface area contributed by atoms with Crippen LogP contribution in [-0.2, 0) is 6.54 Å². The quantitative estimate of drug-likeness (QED) is 0.681. The summed E-state index contributed by atoms with van der Waals surface area (Å²) < 4.78 is 0. The van der Waals surface area contributed by atoms with E-state index in [1.807, 2.05) is 26.0 Å². The largest absolute Gasteiger partial charge is 0.185 e. The summed E-state index contributed by atoms with van der Waals surface area (Å²) >= 11 is 0. The molecule has 0 amide bonds. The fourth-order valence-electron chi connectivity index (χ4n) is 0.925. The molecule has 14 heavy (non-hydrogen) atoms. The van der Waals surface area contributed by atoms with Crippen LogP contribution in [0.3, 0.4) is 0 Å². The Balaban J connectivity index is 2.74. The minimum atomic E-state index is 0.775. The van der Waals surface area contributed by atoms with Crippen molar-refractivity contribution in [2.45, 2.75) is 20.4 Å². The first-order valence-electron chi connectivity index (χ1n) is 4.56. The molecule has 0 unspecified atom stereocenters. The molecular formula is C11H15N3. The second-order valence-electron chi connectivity index (χ2n) is 3.12. The fraction of sp³-hybridized carbons (Fsp3) is 0.273. The summed E-state index contributed by atoms with van der Waals surface area (Å²) in [5.41, 5.74) is 2.66. The third kappa shape index (κ3) is 2.69. The van der Waals surface area contributed by atoms with E-state index in [9.17, 15) is 0 Å². The van der Waals surface area contributed by atoms with Crippen LogP contribution in [0.15, 0.2) is 37.1 Å². The van der Waals surface area contributed by atoms with Crippen LogP contribution in [0, 0.1) is 0 Å². The van der Waals surface area contributed by atoms with Gasteiger partial charge >= 0.3 is 0 Å². The summed E-state index contributed by atoms with van der Waals surface area (Å²) in [6.45, 7) is 12.4. The highest BCUT2D eigenvalue weighted by molar-refractivity contribution is 5.69. The molecule has 0 spiro atoms. The van der Waals surface area contributed by atoms with Crippen LogP contribution in [0.25, 0.3) is 5.57 Å². The molecule has 0 bridgehead atoms. The van der Waals surface area contributed by atoms with Crippen molar-refractivity contribution in [1.29, 1.82) is 0 Å². The summed E-state index contributed by atoms with van der Waals surface area (Å²) in [6, 6.07) is 0. The molecule has 0 fully saturated rings. The van der Waals surface area contributed by atoms with Crippen molar-refractivity contribution in [3.8, 4) is 0 Å². The van der Waals surface area contributed by atoms with Crippen LogP contribution in [0.1, 0.15) is 19.5 Å². The van der Waals surface area contributed by atoms with Crippen LogP contribution in [0.4, 0.5) is 0 Å². The zero-order valence-corrected chi connectivity index (χ0v) is 8.70. The first-order valence-corrected chi connectivity index (χ1v) is 4.56. The normalized spacial score (nSPS) is 10.7. The second kappa shape index (κ2) is 4.56. The zero-order valence-electron chi connectivity index (χ0n) is 8.70. The predicted molar refractivity (Wildman–Crippen MR) is 58.7 cm³/mol. The Bertz CT molecular complexity index is 372. The number of aryl methyl sites for hydroxylation is 1. The molecular weight excluding hydrogens is 174 g/mol. The molecule has 1 aromatic heterocycles. The summed E-state index contributed by atoms with van der Waals surface area (Å²) in [6.07, 6.45) is 5.52. The van der Waals surface area contributed by atoms with E-state index in [1.54, 1.807) is 11.0 Å². The van der Waals surface area contributed by atoms with E-state index in [0.717, 1.165) is 23.4 Å². The number of rotatable bonds is 4. The van der Waals surface area contributed by atoms with Crippen molar-refractivity contribution >= 4 is 5.57 Å². The van der Waals surface area contributed by atoms with Gasteiger partial charge in [0.05, 0.1) is 12.7 Å². The Morgan fingerprint density at radius 2 is 2.21 bits per heavy atom. The predicted octanol–water partition coefficient (Wildman–Crippen LogP) is 2.44. The number of hydrogen-bond donors (Lipinski definition) is 0. The van der Waals surface area contributed by atoms with Gasteiger partial charge in [0.15, 0.2) is 0 Å². The maximum atomic E-state index is 4.23. The minimum Gasteiger partial charge on any atom is -0.185 e. The molecule has 1 heterocycles. The van der Waals surface area contributed by atoms with Gasteiger partial charge in [-0.3, -0.25) is 0 Å². The number of aromatic nitrogens is 3. The van der Waals surface area contributed by atoms with Gasteiger partial charge in [0.25, 0.3) is 0 Å². The standard InChI is InChI=1S/C11H15N3/c1-5-14-12-8-11(13-14)10(4)7-6-9(2)3/h6-8H,2,4-5H2,1,3H3/b7-6-. The molecule has 74 valence electrons. The van der Waals surface area contributed by atoms with Gasteiger partial charge < -0.3 is 0 Å². The van der Waals surface area contributed by atoms with Gasteiger partial charge in [-0.05, 0) is 19.4 Å². The fourth-order valence-corrected chi connectivity index (χ4v) is 0.925. The van der Waals surface area contributed by atoms with E-state index < -0.39 is 0 Å². The van der Waals surface area contributed by atoms with Gasteiger partial charge in [-0.25, -0.2) is 0 Å². The summed E-state index contributed by atoms with van der Waals surface area (Å²) in [7, 11) is 0. The first-order chi connectivity index (χ1) is 6.63. The van der Waals surface area contributed by atoms with Gasteiger partial charge in [0, 0.05) is 0 Å². The third-order valence-electron chi connectivity index (χ3n) is 1.72. The maximum Gasteiger partial charge on any atom is 0.112 e. The lowest BCUT2D eigenvalue weighted by molar-refractivity contribution is 0.568. The lowest BCUT2D eigenvalue weighted by atomic mass is 10.2. The van der Waals surface area contributed by atoms with Crippen LogP contribution in [-0.4, -0.2) is 15.0 Å². The molecule has 1 rings (SSSR count). The molecule has 0 saturated heterocycles. The van der Waals surface area contributed by atoms with Gasteiger partial charge in [-0.1, -0.05) is 30.9 Å². The monoisotopic (exact) mass is 189 g/mol. The average molecular weight is 189 g/mol. The molecule has 0 aliphatic carbocycles. The van der Waals surface area contributed by atoms with Gasteiger partial charge in [0.1, 0.15) is 5.69 Å². The van der Waals surface area contributed by atoms with E-state index in [1.165, 1.54) is 0 Å². The van der Waals surface area contributed by atoms with Gasteiger partial charge in [-0.2, -0.15) is 15.0 Å². The van der Waals surface area contributed by atoms with E-state index in [0.29, 0.717) is 0 Å². The van der Waals surface area contributed by atoms with Gasteiger partial charge in [-0.15, -0.1) is 0 Å². The highest BCUT2D eigenvalue weighted by Crippen LogP contribution is 2.10. The van der Waals surface area contributed by atoms with E-state index in [4.69, 9.17) is 0 Å². The van der Waals surface area contributed by atoms with Crippen LogP contribution in [0.5, 0.6) is 0 Å². The van der Waals surface area contributed by atoms with Crippen molar-refractivity contribution in [1.82, 2.24) is 15.0 Å².